The molecule has 2 unspecified atom stereocenters. The van der Waals surface area contributed by atoms with Crippen molar-refractivity contribution in [3.8, 4) is 12.3 Å². The lowest BCUT2D eigenvalue weighted by molar-refractivity contribution is -0.155. The zero-order valence-corrected chi connectivity index (χ0v) is 15.1. The summed E-state index contributed by atoms with van der Waals surface area (Å²) in [6, 6.07) is -0.941. The van der Waals surface area contributed by atoms with E-state index in [2.05, 4.69) is 5.92 Å². The predicted octanol–water partition coefficient (Wildman–Crippen LogP) is 1.62. The molecule has 1 heterocycles. The number of carbonyl (C=O) groups excluding carboxylic acids is 2. The fourth-order valence-electron chi connectivity index (χ4n) is 3.72. The van der Waals surface area contributed by atoms with Gasteiger partial charge in [0.25, 0.3) is 0 Å². The molecular formula is C17H26N2O4S. The zero-order valence-electron chi connectivity index (χ0n) is 14.3. The molecule has 0 aromatic rings. The number of ether oxygens (including phenoxy) is 2. The molecule has 1 aliphatic carbocycles. The fraction of sp³-hybridized carbons (Fsp3) is 0.765. The van der Waals surface area contributed by atoms with E-state index in [0.29, 0.717) is 12.8 Å². The van der Waals surface area contributed by atoms with E-state index in [1.54, 1.807) is 16.7 Å². The van der Waals surface area contributed by atoms with Crippen LogP contribution in [0.1, 0.15) is 32.1 Å². The third-order valence-electron chi connectivity index (χ3n) is 4.93. The van der Waals surface area contributed by atoms with E-state index in [4.69, 9.17) is 21.6 Å². The molecule has 1 aliphatic heterocycles. The van der Waals surface area contributed by atoms with Crippen molar-refractivity contribution in [3.05, 3.63) is 0 Å². The van der Waals surface area contributed by atoms with Gasteiger partial charge >= 0.3 is 12.1 Å². The highest BCUT2D eigenvalue weighted by atomic mass is 32.2. The first-order valence-corrected chi connectivity index (χ1v) is 9.70. The molecular weight excluding hydrogens is 328 g/mol. The lowest BCUT2D eigenvalue weighted by Gasteiger charge is -2.36. The number of amides is 1. The van der Waals surface area contributed by atoms with Crippen LogP contribution in [0.5, 0.6) is 0 Å². The maximum Gasteiger partial charge on any atom is 0.410 e. The van der Waals surface area contributed by atoms with Crippen molar-refractivity contribution in [2.45, 2.75) is 56.3 Å². The van der Waals surface area contributed by atoms with Gasteiger partial charge in [-0.25, -0.2) is 4.79 Å². The van der Waals surface area contributed by atoms with Crippen molar-refractivity contribution in [1.29, 1.82) is 0 Å². The topological polar surface area (TPSA) is 81.9 Å². The van der Waals surface area contributed by atoms with Gasteiger partial charge in [-0.1, -0.05) is 5.92 Å². The van der Waals surface area contributed by atoms with E-state index in [-0.39, 0.29) is 30.1 Å². The molecule has 2 aliphatic rings. The molecule has 0 spiro atoms. The van der Waals surface area contributed by atoms with Crippen molar-refractivity contribution >= 4 is 23.8 Å². The maximum atomic E-state index is 12.2. The number of hydrogen-bond donors (Lipinski definition) is 1. The summed E-state index contributed by atoms with van der Waals surface area (Å²) in [4.78, 5) is 25.9. The van der Waals surface area contributed by atoms with E-state index >= 15 is 0 Å². The van der Waals surface area contributed by atoms with Crippen LogP contribution in [0.4, 0.5) is 4.79 Å². The third-order valence-corrected chi connectivity index (χ3v) is 5.57. The number of methoxy groups -OCH3 is 1. The normalized spacial score (nSPS) is 30.2. The Morgan fingerprint density at radius 3 is 2.83 bits per heavy atom. The van der Waals surface area contributed by atoms with Crippen LogP contribution in [0.2, 0.25) is 0 Å². The summed E-state index contributed by atoms with van der Waals surface area (Å²) in [5.41, 5.74) is 5.90. The quantitative estimate of drug-likeness (QED) is 0.597. The van der Waals surface area contributed by atoms with Gasteiger partial charge in [-0.3, -0.25) is 9.69 Å². The molecule has 2 N–H and O–H groups in total. The molecule has 2 rings (SSSR count). The van der Waals surface area contributed by atoms with Gasteiger partial charge in [0.05, 0.1) is 13.2 Å². The summed E-state index contributed by atoms with van der Waals surface area (Å²) in [6.45, 7) is 0. The second-order valence-corrected chi connectivity index (χ2v) is 7.31. The van der Waals surface area contributed by atoms with Crippen LogP contribution in [0.3, 0.4) is 0 Å². The zero-order chi connectivity index (χ0) is 17.7. The van der Waals surface area contributed by atoms with Crippen molar-refractivity contribution in [2.24, 2.45) is 11.7 Å². The van der Waals surface area contributed by atoms with E-state index < -0.39 is 12.1 Å². The van der Waals surface area contributed by atoms with E-state index in [0.717, 1.165) is 25.0 Å². The van der Waals surface area contributed by atoms with Gasteiger partial charge in [0, 0.05) is 12.0 Å². The third kappa shape index (κ3) is 3.98. The first-order valence-electron chi connectivity index (χ1n) is 8.30. The molecule has 6 nitrogen and oxygen atoms in total. The molecule has 0 radical (unpaired) electrons. The van der Waals surface area contributed by atoms with Crippen LogP contribution in [0.25, 0.3) is 0 Å². The van der Waals surface area contributed by atoms with E-state index in [1.165, 1.54) is 7.11 Å². The van der Waals surface area contributed by atoms with Crippen LogP contribution in [0.15, 0.2) is 0 Å². The van der Waals surface area contributed by atoms with Gasteiger partial charge in [-0.05, 0) is 44.1 Å². The largest absolute Gasteiger partial charge is 0.461 e. The van der Waals surface area contributed by atoms with Crippen molar-refractivity contribution in [1.82, 2.24) is 4.90 Å². The number of nitrogens with two attached hydrogens (primary N) is 1. The highest BCUT2D eigenvalue weighted by Gasteiger charge is 2.49. The monoisotopic (exact) mass is 354 g/mol. The fourth-order valence-corrected chi connectivity index (χ4v) is 4.21. The lowest BCUT2D eigenvalue weighted by atomic mass is 9.82. The smallest absolute Gasteiger partial charge is 0.410 e. The molecule has 1 amide bonds. The van der Waals surface area contributed by atoms with Gasteiger partial charge < -0.3 is 15.2 Å². The molecule has 2 fully saturated rings. The molecule has 0 aromatic carbocycles. The minimum Gasteiger partial charge on any atom is -0.461 e. The molecule has 134 valence electrons. The maximum absolute atomic E-state index is 12.2. The predicted molar refractivity (Wildman–Crippen MR) is 93.5 cm³/mol. The van der Waals surface area contributed by atoms with Gasteiger partial charge in [0.1, 0.15) is 12.1 Å². The SMILES string of the molecule is C#CC1C[C@H]2[C@@H](OC(=O)C(N)CCSC)CCC[C@H]2N1C(=O)OC. The first kappa shape index (κ1) is 18.9. The summed E-state index contributed by atoms with van der Waals surface area (Å²) < 4.78 is 10.6. The Bertz CT molecular complexity index is 507. The molecule has 24 heavy (non-hydrogen) atoms. The second kappa shape index (κ2) is 8.63. The number of carbonyl (C=O) groups is 2. The number of rotatable bonds is 5. The van der Waals surface area contributed by atoms with Gasteiger partial charge in [0.2, 0.25) is 0 Å². The Morgan fingerprint density at radius 1 is 1.46 bits per heavy atom. The van der Waals surface area contributed by atoms with E-state index in [1.807, 2.05) is 6.26 Å². The molecule has 0 aromatic heterocycles. The summed E-state index contributed by atoms with van der Waals surface area (Å²) >= 11 is 1.65. The van der Waals surface area contributed by atoms with Crippen LogP contribution in [0, 0.1) is 18.3 Å². The van der Waals surface area contributed by atoms with Gasteiger partial charge in [0.15, 0.2) is 0 Å². The van der Waals surface area contributed by atoms with Gasteiger partial charge in [-0.15, -0.1) is 6.42 Å². The molecule has 7 heteroatoms. The number of nitrogens with zero attached hydrogens (tertiary/aromatic N) is 1. The van der Waals surface area contributed by atoms with Crippen LogP contribution >= 0.6 is 11.8 Å². The minimum absolute atomic E-state index is 0.0347. The minimum atomic E-state index is -0.598. The van der Waals surface area contributed by atoms with Crippen molar-refractivity contribution < 1.29 is 19.1 Å². The van der Waals surface area contributed by atoms with Crippen LogP contribution < -0.4 is 5.73 Å². The average Bonchev–Trinajstić information content (AvgIpc) is 2.98. The second-order valence-electron chi connectivity index (χ2n) is 6.32. The highest BCUT2D eigenvalue weighted by molar-refractivity contribution is 7.98. The number of hydrogen-bond acceptors (Lipinski definition) is 6. The number of likely N-dealkylation sites (tertiary alicyclic amines) is 1. The molecule has 5 atom stereocenters. The Balaban J connectivity index is 2.05. The van der Waals surface area contributed by atoms with Crippen LogP contribution in [-0.4, -0.2) is 60.3 Å². The molecule has 0 bridgehead atoms. The summed E-state index contributed by atoms with van der Waals surface area (Å²) in [5, 5.41) is 0. The van der Waals surface area contributed by atoms with Crippen molar-refractivity contribution in [2.75, 3.05) is 19.1 Å². The van der Waals surface area contributed by atoms with Crippen molar-refractivity contribution in [3.63, 3.8) is 0 Å². The standard InChI is InChI=1S/C17H26N2O4S/c1-4-11-10-12-14(19(11)17(21)22-2)6-5-7-15(12)23-16(20)13(18)8-9-24-3/h1,11-15H,5-10,18H2,2-3H3/t11?,12-,13?,14-,15+/m1/s1. The van der Waals surface area contributed by atoms with E-state index in [9.17, 15) is 9.59 Å². The van der Waals surface area contributed by atoms with Gasteiger partial charge in [-0.2, -0.15) is 11.8 Å². The average molecular weight is 354 g/mol. The first-order chi connectivity index (χ1) is 11.5. The summed E-state index contributed by atoms with van der Waals surface area (Å²) in [6.07, 6.45) is 10.7. The summed E-state index contributed by atoms with van der Waals surface area (Å²) in [5.74, 6) is 3.18. The summed E-state index contributed by atoms with van der Waals surface area (Å²) in [7, 11) is 1.36. The Kier molecular flexibility index (Phi) is 6.81. The molecule has 1 saturated carbocycles. The number of esters is 1. The number of terminal acetylenes is 1. The Labute approximate surface area is 147 Å². The highest BCUT2D eigenvalue weighted by Crippen LogP contribution is 2.41. The molecule has 1 saturated heterocycles. The Morgan fingerprint density at radius 2 is 2.21 bits per heavy atom. The Hall–Kier alpha value is -1.39. The van der Waals surface area contributed by atoms with Crippen LogP contribution in [-0.2, 0) is 14.3 Å². The number of fused-ring (bicyclic) bond motifs is 1. The lowest BCUT2D eigenvalue weighted by Crippen LogP contribution is -2.47. The number of thioether (sulfide) groups is 1.